The highest BCUT2D eigenvalue weighted by Crippen LogP contribution is 2.24. The van der Waals surface area contributed by atoms with E-state index >= 15 is 0 Å². The molecule has 2 aromatic heterocycles. The maximum absolute atomic E-state index is 5.54. The van der Waals surface area contributed by atoms with Gasteiger partial charge >= 0.3 is 0 Å². The van der Waals surface area contributed by atoms with Crippen LogP contribution in [0.3, 0.4) is 0 Å². The van der Waals surface area contributed by atoms with Gasteiger partial charge in [0.15, 0.2) is 0 Å². The van der Waals surface area contributed by atoms with Crippen molar-refractivity contribution in [2.45, 2.75) is 0 Å². The molecule has 0 saturated heterocycles. The Morgan fingerprint density at radius 3 is 3.00 bits per heavy atom. The summed E-state index contributed by atoms with van der Waals surface area (Å²) in [6, 6.07) is 7.74. The minimum absolute atomic E-state index is 0.487. The molecule has 2 heterocycles. The van der Waals surface area contributed by atoms with Gasteiger partial charge in [-0.15, -0.1) is 5.10 Å². The third-order valence-electron chi connectivity index (χ3n) is 2.16. The normalized spacial score (nSPS) is 10.9. The van der Waals surface area contributed by atoms with Gasteiger partial charge in [-0.1, -0.05) is 10.6 Å². The number of H-pyrrole nitrogens is 1. The van der Waals surface area contributed by atoms with E-state index in [2.05, 4.69) is 19.8 Å². The largest absolute Gasteiger partial charge is 0.382 e. The molecule has 0 bridgehead atoms. The van der Waals surface area contributed by atoms with Crippen LogP contribution < -0.4 is 5.73 Å². The van der Waals surface area contributed by atoms with E-state index in [0.29, 0.717) is 5.82 Å². The number of anilines is 1. The van der Waals surface area contributed by atoms with Crippen LogP contribution in [0.15, 0.2) is 24.3 Å². The first-order chi connectivity index (χ1) is 7.33. The van der Waals surface area contributed by atoms with Crippen molar-refractivity contribution in [2.24, 2.45) is 0 Å². The Hall–Kier alpha value is -1.95. The van der Waals surface area contributed by atoms with E-state index in [1.54, 1.807) is 6.07 Å². The van der Waals surface area contributed by atoms with Crippen LogP contribution in [0.25, 0.3) is 21.5 Å². The molecule has 15 heavy (non-hydrogen) atoms. The van der Waals surface area contributed by atoms with Gasteiger partial charge in [-0.2, -0.15) is 5.10 Å². The number of aromatic amines is 1. The summed E-state index contributed by atoms with van der Waals surface area (Å²) >= 11 is 1.38. The number of benzene rings is 1. The van der Waals surface area contributed by atoms with Gasteiger partial charge < -0.3 is 5.73 Å². The van der Waals surface area contributed by atoms with Crippen LogP contribution in [0.2, 0.25) is 0 Å². The van der Waals surface area contributed by atoms with Gasteiger partial charge in [-0.05, 0) is 23.7 Å². The van der Waals surface area contributed by atoms with Crippen LogP contribution in [-0.2, 0) is 0 Å². The van der Waals surface area contributed by atoms with E-state index in [0.717, 1.165) is 21.5 Å². The average Bonchev–Trinajstić information content (AvgIpc) is 2.84. The molecule has 0 unspecified atom stereocenters. The fourth-order valence-electron chi connectivity index (χ4n) is 1.43. The number of rotatable bonds is 1. The fraction of sp³-hybridized carbons (Fsp3) is 0. The van der Waals surface area contributed by atoms with E-state index in [1.807, 2.05) is 18.2 Å². The standard InChI is InChI=1S/C9H7N5S/c10-9-4-6(11-13-9)5-1-2-8-7(3-5)12-14-15-8/h1-4H,(H3,10,11,13). The number of nitrogens with one attached hydrogen (secondary N) is 1. The van der Waals surface area contributed by atoms with E-state index in [-0.39, 0.29) is 0 Å². The second-order valence-corrected chi connectivity index (χ2v) is 3.95. The molecule has 0 saturated carbocycles. The first-order valence-corrected chi connectivity index (χ1v) is 5.13. The number of fused-ring (bicyclic) bond motifs is 1. The van der Waals surface area contributed by atoms with E-state index in [9.17, 15) is 0 Å². The summed E-state index contributed by atoms with van der Waals surface area (Å²) in [7, 11) is 0. The number of hydrogen-bond acceptors (Lipinski definition) is 5. The molecule has 5 nitrogen and oxygen atoms in total. The monoisotopic (exact) mass is 217 g/mol. The maximum Gasteiger partial charge on any atom is 0.145 e. The van der Waals surface area contributed by atoms with Crippen LogP contribution >= 0.6 is 11.5 Å². The fourth-order valence-corrected chi connectivity index (χ4v) is 1.97. The molecule has 0 amide bonds. The van der Waals surface area contributed by atoms with E-state index in [1.165, 1.54) is 11.5 Å². The minimum Gasteiger partial charge on any atom is -0.382 e. The SMILES string of the molecule is Nc1cc(-c2ccc3snnc3c2)[nH]n1. The molecule has 0 spiro atoms. The van der Waals surface area contributed by atoms with Gasteiger partial charge in [0.05, 0.1) is 10.4 Å². The molecule has 0 aliphatic carbocycles. The number of nitrogens with two attached hydrogens (primary N) is 1. The van der Waals surface area contributed by atoms with Crippen molar-refractivity contribution in [1.82, 2.24) is 19.8 Å². The quantitative estimate of drug-likeness (QED) is 0.649. The Morgan fingerprint density at radius 2 is 2.20 bits per heavy atom. The molecule has 3 aromatic rings. The van der Waals surface area contributed by atoms with Crippen molar-refractivity contribution in [3.05, 3.63) is 24.3 Å². The highest BCUT2D eigenvalue weighted by Gasteiger charge is 2.04. The van der Waals surface area contributed by atoms with E-state index in [4.69, 9.17) is 5.73 Å². The lowest BCUT2D eigenvalue weighted by Gasteiger charge is -1.95. The van der Waals surface area contributed by atoms with Crippen molar-refractivity contribution in [3.63, 3.8) is 0 Å². The van der Waals surface area contributed by atoms with E-state index < -0.39 is 0 Å². The molecule has 74 valence electrons. The van der Waals surface area contributed by atoms with Gasteiger partial charge in [0.25, 0.3) is 0 Å². The Balaban J connectivity index is 2.18. The number of nitrogen functional groups attached to an aromatic ring is 1. The predicted octanol–water partition coefficient (Wildman–Crippen LogP) is 1.66. The highest BCUT2D eigenvalue weighted by molar-refractivity contribution is 7.12. The predicted molar refractivity (Wildman–Crippen MR) is 59.4 cm³/mol. The molecule has 0 atom stereocenters. The molecular weight excluding hydrogens is 210 g/mol. The van der Waals surface area contributed by atoms with Crippen LogP contribution in [0.5, 0.6) is 0 Å². The molecular formula is C9H7N5S. The summed E-state index contributed by atoms with van der Waals surface area (Å²) < 4.78 is 4.96. The Labute approximate surface area is 89.1 Å². The summed E-state index contributed by atoms with van der Waals surface area (Å²) in [6.45, 7) is 0. The van der Waals surface area contributed by atoms with Crippen molar-refractivity contribution >= 4 is 27.6 Å². The molecule has 3 rings (SSSR count). The average molecular weight is 217 g/mol. The topological polar surface area (TPSA) is 80.5 Å². The smallest absolute Gasteiger partial charge is 0.145 e. The number of hydrogen-bond donors (Lipinski definition) is 2. The summed E-state index contributed by atoms with van der Waals surface area (Å²) in [5.41, 5.74) is 8.34. The Bertz CT molecular complexity index is 612. The van der Waals surface area contributed by atoms with Crippen LogP contribution in [0.4, 0.5) is 5.82 Å². The van der Waals surface area contributed by atoms with Gasteiger partial charge in [-0.3, -0.25) is 5.10 Å². The summed E-state index contributed by atoms with van der Waals surface area (Å²) in [5.74, 6) is 0.487. The molecule has 0 aliphatic rings. The van der Waals surface area contributed by atoms with Crippen LogP contribution in [0, 0.1) is 0 Å². The van der Waals surface area contributed by atoms with Gasteiger partial charge in [0.1, 0.15) is 11.3 Å². The molecule has 3 N–H and O–H groups in total. The molecule has 6 heteroatoms. The lowest BCUT2D eigenvalue weighted by atomic mass is 10.1. The third kappa shape index (κ3) is 1.35. The maximum atomic E-state index is 5.54. The van der Waals surface area contributed by atoms with Crippen LogP contribution in [0.1, 0.15) is 0 Å². The van der Waals surface area contributed by atoms with Crippen molar-refractivity contribution < 1.29 is 0 Å². The molecule has 0 fully saturated rings. The summed E-state index contributed by atoms with van der Waals surface area (Å²) in [4.78, 5) is 0. The van der Waals surface area contributed by atoms with Gasteiger partial charge in [0, 0.05) is 11.6 Å². The Morgan fingerprint density at radius 1 is 1.27 bits per heavy atom. The van der Waals surface area contributed by atoms with Gasteiger partial charge in [-0.25, -0.2) is 0 Å². The van der Waals surface area contributed by atoms with Crippen molar-refractivity contribution in [2.75, 3.05) is 5.73 Å². The highest BCUT2D eigenvalue weighted by atomic mass is 32.1. The van der Waals surface area contributed by atoms with Crippen LogP contribution in [-0.4, -0.2) is 19.8 Å². The first kappa shape index (κ1) is 8.37. The zero-order valence-corrected chi connectivity index (χ0v) is 8.45. The third-order valence-corrected chi connectivity index (χ3v) is 2.86. The Kier molecular flexibility index (Phi) is 1.69. The molecule has 0 aliphatic heterocycles. The van der Waals surface area contributed by atoms with Gasteiger partial charge in [0.2, 0.25) is 0 Å². The first-order valence-electron chi connectivity index (χ1n) is 4.36. The lowest BCUT2D eigenvalue weighted by Crippen LogP contribution is -1.81. The van der Waals surface area contributed by atoms with Crippen molar-refractivity contribution in [3.8, 4) is 11.3 Å². The number of nitrogens with zero attached hydrogens (tertiary/aromatic N) is 3. The summed E-state index contributed by atoms with van der Waals surface area (Å²) in [5, 5.41) is 10.8. The second kappa shape index (κ2) is 3.03. The molecule has 0 radical (unpaired) electrons. The summed E-state index contributed by atoms with van der Waals surface area (Å²) in [6.07, 6.45) is 0. The van der Waals surface area contributed by atoms with Crippen molar-refractivity contribution in [1.29, 1.82) is 0 Å². The second-order valence-electron chi connectivity index (χ2n) is 3.16. The zero-order valence-electron chi connectivity index (χ0n) is 7.64. The zero-order chi connectivity index (χ0) is 10.3. The number of aromatic nitrogens is 4. The minimum atomic E-state index is 0.487. The lowest BCUT2D eigenvalue weighted by molar-refractivity contribution is 1.10. The molecule has 1 aromatic carbocycles.